The summed E-state index contributed by atoms with van der Waals surface area (Å²) in [7, 11) is -33.2. The molecule has 6 aromatic rings. The molecule has 0 radical (unpaired) electrons. The van der Waals surface area contributed by atoms with Gasteiger partial charge in [0.1, 0.15) is 9.79 Å². The molecule has 8 N–H and O–H groups in total. The fourth-order valence-corrected chi connectivity index (χ4v) is 10.5. The topological polar surface area (TPSA) is 408 Å². The molecule has 4 amide bonds. The second kappa shape index (κ2) is 17.9. The molecule has 0 aliphatic rings. The number of alkyl halides is 3. The second-order valence-corrected chi connectivity index (χ2v) is 22.6. The molecule has 0 aromatic heterocycles. The van der Waals surface area contributed by atoms with E-state index < -0.39 is 164 Å². The monoisotopic (exact) mass is 1100 g/mol. The molecule has 0 atom stereocenters. The summed E-state index contributed by atoms with van der Waals surface area (Å²) < 4.78 is 251. The van der Waals surface area contributed by atoms with E-state index in [2.05, 4.69) is 5.32 Å². The smallest absolute Gasteiger partial charge is 0.308 e. The number of rotatable bonds is 14. The minimum absolute atomic E-state index is 0.149. The Balaban J connectivity index is 1.74. The van der Waals surface area contributed by atoms with Gasteiger partial charge in [-0.3, -0.25) is 46.7 Å². The van der Waals surface area contributed by atoms with Crippen molar-refractivity contribution >= 4 is 135 Å². The molecule has 70 heavy (non-hydrogen) atoms. The Labute approximate surface area is 391 Å². The van der Waals surface area contributed by atoms with E-state index in [1.807, 2.05) is 5.32 Å². The third kappa shape index (κ3) is 11.2. The zero-order valence-electron chi connectivity index (χ0n) is 33.6. The fourth-order valence-electron chi connectivity index (χ4n) is 6.71. The van der Waals surface area contributed by atoms with Crippen molar-refractivity contribution in [1.29, 1.82) is 0 Å². The number of amides is 4. The Hall–Kier alpha value is -6.70. The summed E-state index contributed by atoms with van der Waals surface area (Å²) in [5.74, 6) is 0. The van der Waals surface area contributed by atoms with Crippen LogP contribution in [0.3, 0.4) is 0 Å². The van der Waals surface area contributed by atoms with Gasteiger partial charge >= 0.3 is 12.2 Å². The van der Waals surface area contributed by atoms with Gasteiger partial charge in [0.15, 0.2) is 0 Å². The molecule has 6 aromatic carbocycles. The summed E-state index contributed by atoms with van der Waals surface area (Å²) >= 11 is 0. The van der Waals surface area contributed by atoms with Crippen LogP contribution < -0.4 is 20.4 Å². The molecular weight excluding hydrogens is 1070 g/mol. The highest BCUT2D eigenvalue weighted by molar-refractivity contribution is 7.87. The Morgan fingerprint density at radius 2 is 0.829 bits per heavy atom. The third-order valence-corrected chi connectivity index (χ3v) is 14.6. The van der Waals surface area contributed by atoms with Crippen molar-refractivity contribution in [3.63, 3.8) is 0 Å². The van der Waals surface area contributed by atoms with Crippen LogP contribution in [0.1, 0.15) is 5.56 Å². The van der Waals surface area contributed by atoms with E-state index in [4.69, 9.17) is 0 Å². The van der Waals surface area contributed by atoms with E-state index >= 15 is 0 Å². The quantitative estimate of drug-likeness (QED) is 0.0540. The van der Waals surface area contributed by atoms with Gasteiger partial charge in [0, 0.05) is 22.1 Å². The Kier molecular flexibility index (Phi) is 13.5. The Morgan fingerprint density at radius 3 is 1.16 bits per heavy atom. The van der Waals surface area contributed by atoms with Crippen molar-refractivity contribution in [2.45, 2.75) is 35.5 Å². The van der Waals surface area contributed by atoms with E-state index in [0.717, 1.165) is 12.1 Å². The molecule has 0 heterocycles. The molecule has 25 nitrogen and oxygen atoms in total. The van der Waals surface area contributed by atoms with Gasteiger partial charge in [-0.05, 0) is 95.7 Å². The number of urea groups is 1. The summed E-state index contributed by atoms with van der Waals surface area (Å²) in [6, 6.07) is 6.33. The predicted octanol–water partition coefficient (Wildman–Crippen LogP) is 4.73. The van der Waals surface area contributed by atoms with Crippen LogP contribution >= 0.6 is 0 Å². The summed E-state index contributed by atoms with van der Waals surface area (Å²) in [4.78, 5) is 32.3. The first kappa shape index (κ1) is 52.7. The average Bonchev–Trinajstić information content (AvgIpc) is 3.20. The lowest BCUT2D eigenvalue weighted by Gasteiger charge is -2.26. The number of anilines is 6. The lowest BCUT2D eigenvalue weighted by Crippen LogP contribution is -2.22. The highest BCUT2D eigenvalue weighted by Crippen LogP contribution is 2.44. The van der Waals surface area contributed by atoms with Gasteiger partial charge < -0.3 is 10.6 Å². The van der Waals surface area contributed by atoms with Gasteiger partial charge in [0.25, 0.3) is 60.7 Å². The van der Waals surface area contributed by atoms with Gasteiger partial charge in [-0.2, -0.15) is 63.7 Å². The molecule has 0 bridgehead atoms. The van der Waals surface area contributed by atoms with Gasteiger partial charge in [-0.15, -0.1) is 0 Å². The summed E-state index contributed by atoms with van der Waals surface area (Å²) in [5.41, 5.74) is -6.24. The number of fused-ring (bicyclic) bond motifs is 2. The van der Waals surface area contributed by atoms with Crippen LogP contribution in [0.25, 0.3) is 21.5 Å². The van der Waals surface area contributed by atoms with Gasteiger partial charge in [-0.1, -0.05) is 6.07 Å². The number of halogens is 3. The molecule has 0 aliphatic carbocycles. The van der Waals surface area contributed by atoms with Crippen LogP contribution in [0.4, 0.5) is 52.1 Å². The van der Waals surface area contributed by atoms with Crippen molar-refractivity contribution in [3.8, 4) is 0 Å². The number of carbonyl (C=O) groups is 3. The lowest BCUT2D eigenvalue weighted by molar-refractivity contribution is -0.137. The van der Waals surface area contributed by atoms with E-state index in [9.17, 15) is 105 Å². The van der Waals surface area contributed by atoms with Crippen LogP contribution in [0.15, 0.2) is 120 Å². The maximum atomic E-state index is 13.5. The van der Waals surface area contributed by atoms with Crippen LogP contribution in [0, 0.1) is 0 Å². The number of hydrogen-bond donors (Lipinski definition) is 8. The summed E-state index contributed by atoms with van der Waals surface area (Å²) in [5, 5.41) is 0.455. The van der Waals surface area contributed by atoms with Crippen molar-refractivity contribution in [2.24, 2.45) is 0 Å². The van der Waals surface area contributed by atoms with Crippen molar-refractivity contribution < 1.29 is 105 Å². The van der Waals surface area contributed by atoms with Crippen molar-refractivity contribution in [3.05, 3.63) is 96.6 Å². The van der Waals surface area contributed by atoms with Gasteiger partial charge in [0.2, 0.25) is 12.8 Å². The third-order valence-electron chi connectivity index (χ3n) is 9.52. The summed E-state index contributed by atoms with van der Waals surface area (Å²) in [6.45, 7) is 0. The minimum Gasteiger partial charge on any atom is -0.308 e. The standard InChI is InChI=1S/C36H25F3N4O21S6/c37-36(38,39)20-2-1-3-21(8-20)40-35(46)41-22-9-23(42(16-44)29-12-25(65(47,48)49)4-18-6-27(67(53,54)55)14-31(33(18)29)69(59,60)61)11-24(10-22)43(17-45)30-13-26(66(50,51)52)5-19-7-28(68(56,57)58)15-32(34(19)30)70(62,63)64/h1-17H,(H2,40,41,46)(H,47,48,49)(H,50,51,52)(H,53,54,55)(H,56,57,58)(H,59,60,61)(H,62,63,64). The second-order valence-electron chi connectivity index (χ2n) is 14.1. The molecule has 0 saturated heterocycles. The maximum absolute atomic E-state index is 13.5. The van der Waals surface area contributed by atoms with Crippen molar-refractivity contribution in [1.82, 2.24) is 0 Å². The predicted molar refractivity (Wildman–Crippen MR) is 234 cm³/mol. The fraction of sp³-hybridized carbons (Fsp3) is 0.0278. The number of benzene rings is 6. The molecule has 372 valence electrons. The zero-order valence-corrected chi connectivity index (χ0v) is 38.5. The normalized spacial score (nSPS) is 12.9. The highest BCUT2D eigenvalue weighted by Gasteiger charge is 2.32. The van der Waals surface area contributed by atoms with E-state index in [1.54, 1.807) is 0 Å². The number of nitrogens with one attached hydrogen (secondary N) is 2. The average molecular weight is 1100 g/mol. The van der Waals surface area contributed by atoms with E-state index in [0.29, 0.717) is 66.7 Å². The Morgan fingerprint density at radius 1 is 0.471 bits per heavy atom. The molecular formula is C36H25F3N4O21S6. The molecule has 6 rings (SSSR count). The van der Waals surface area contributed by atoms with E-state index in [1.165, 1.54) is 0 Å². The van der Waals surface area contributed by atoms with Crippen LogP contribution in [-0.4, -0.2) is 96.7 Å². The van der Waals surface area contributed by atoms with Crippen LogP contribution in [0.2, 0.25) is 0 Å². The largest absolute Gasteiger partial charge is 0.416 e. The highest BCUT2D eigenvalue weighted by atomic mass is 32.2. The van der Waals surface area contributed by atoms with Gasteiger partial charge in [-0.25, -0.2) is 4.79 Å². The van der Waals surface area contributed by atoms with Crippen LogP contribution in [0.5, 0.6) is 0 Å². The summed E-state index contributed by atoms with van der Waals surface area (Å²) in [6.07, 6.45) is -5.47. The van der Waals surface area contributed by atoms with Crippen LogP contribution in [-0.2, 0) is 76.5 Å². The Bertz CT molecular complexity index is 3740. The lowest BCUT2D eigenvalue weighted by atomic mass is 10.1. The molecule has 0 unspecified atom stereocenters. The molecule has 0 saturated carbocycles. The van der Waals surface area contributed by atoms with E-state index in [-0.39, 0.29) is 34.8 Å². The number of nitrogens with zero attached hydrogens (tertiary/aromatic N) is 2. The molecule has 0 spiro atoms. The van der Waals surface area contributed by atoms with Gasteiger partial charge in [0.05, 0.1) is 47.9 Å². The zero-order chi connectivity index (χ0) is 52.5. The number of hydrogen-bond acceptors (Lipinski definition) is 15. The SMILES string of the molecule is O=CN(c1cc(NC(=O)Nc2cccc(C(F)(F)F)c2)cc(N(C=O)c2cc(S(=O)(=O)O)cc3cc(S(=O)(=O)O)cc(S(=O)(=O)O)c23)c1)c1cc(S(=O)(=O)O)cc2cc(S(=O)(=O)O)cc(S(=O)(=O)O)c12. The van der Waals surface area contributed by atoms with Crippen molar-refractivity contribution in [2.75, 3.05) is 20.4 Å². The molecule has 0 fully saturated rings. The first-order valence-corrected chi connectivity index (χ1v) is 26.5. The molecule has 34 heteroatoms. The number of carbonyl (C=O) groups excluding carboxylic acids is 3. The molecule has 0 aliphatic heterocycles. The first-order valence-electron chi connectivity index (χ1n) is 17.9. The minimum atomic E-state index is -5.71. The maximum Gasteiger partial charge on any atom is 0.416 e. The first-order chi connectivity index (χ1) is 31.9.